The number of rotatable bonds is 4. The molecule has 2 aromatic rings. The molecule has 0 spiro atoms. The number of aryl methyl sites for hydroxylation is 3. The van der Waals surface area contributed by atoms with Gasteiger partial charge in [-0.25, -0.2) is 0 Å². The lowest BCUT2D eigenvalue weighted by atomic mass is 10.3. The van der Waals surface area contributed by atoms with Crippen molar-refractivity contribution in [2.24, 2.45) is 7.05 Å². The fourth-order valence-electron chi connectivity index (χ4n) is 1.44. The number of hydrogen-bond donors (Lipinski definition) is 0. The molecular formula is C10H13BrN4S2. The Morgan fingerprint density at radius 3 is 2.71 bits per heavy atom. The van der Waals surface area contributed by atoms with E-state index in [-0.39, 0.29) is 0 Å². The average molecular weight is 333 g/mol. The molecule has 0 saturated carbocycles. The number of halogens is 1. The summed E-state index contributed by atoms with van der Waals surface area (Å²) in [6.07, 6.45) is 0.941. The quantitative estimate of drug-likeness (QED) is 0.806. The Hall–Kier alpha value is -0.400. The van der Waals surface area contributed by atoms with Crippen molar-refractivity contribution in [1.82, 2.24) is 20.0 Å². The number of hydrogen-bond acceptors (Lipinski definition) is 5. The molecule has 0 aliphatic rings. The summed E-state index contributed by atoms with van der Waals surface area (Å²) in [4.78, 5) is 0. The van der Waals surface area contributed by atoms with Crippen LogP contribution in [-0.2, 0) is 19.2 Å². The van der Waals surface area contributed by atoms with Gasteiger partial charge in [-0.3, -0.25) is 4.68 Å². The van der Waals surface area contributed by atoms with Crippen molar-refractivity contribution in [3.8, 4) is 0 Å². The third-order valence-electron chi connectivity index (χ3n) is 2.34. The van der Waals surface area contributed by atoms with Gasteiger partial charge in [-0.2, -0.15) is 5.10 Å². The second-order valence-electron chi connectivity index (χ2n) is 3.56. The van der Waals surface area contributed by atoms with Crippen molar-refractivity contribution in [2.75, 3.05) is 0 Å². The molecule has 0 fully saturated rings. The molecule has 0 aliphatic heterocycles. The van der Waals surface area contributed by atoms with Crippen LogP contribution in [0.1, 0.15) is 23.3 Å². The van der Waals surface area contributed by atoms with Gasteiger partial charge < -0.3 is 0 Å². The van der Waals surface area contributed by atoms with E-state index in [2.05, 4.69) is 38.1 Å². The van der Waals surface area contributed by atoms with Gasteiger partial charge in [-0.1, -0.05) is 30.0 Å². The molecule has 17 heavy (non-hydrogen) atoms. The minimum Gasteiger partial charge on any atom is -0.270 e. The standard InChI is InChI=1S/C10H13BrN4S2/c1-4-7-9(11)8(15(3)14-7)5-16-10-13-12-6(2)17-10/h4-5H2,1-3H3. The van der Waals surface area contributed by atoms with Gasteiger partial charge in [0, 0.05) is 12.8 Å². The molecular weight excluding hydrogens is 320 g/mol. The predicted octanol–water partition coefficient (Wildman–Crippen LogP) is 3.20. The van der Waals surface area contributed by atoms with Crippen LogP contribution in [-0.4, -0.2) is 20.0 Å². The molecule has 2 aromatic heterocycles. The van der Waals surface area contributed by atoms with Gasteiger partial charge in [-0.15, -0.1) is 10.2 Å². The van der Waals surface area contributed by atoms with Crippen LogP contribution >= 0.6 is 39.0 Å². The van der Waals surface area contributed by atoms with Crippen molar-refractivity contribution < 1.29 is 0 Å². The highest BCUT2D eigenvalue weighted by atomic mass is 79.9. The monoisotopic (exact) mass is 332 g/mol. The Bertz CT molecular complexity index is 520. The third-order valence-corrected chi connectivity index (χ3v) is 5.24. The van der Waals surface area contributed by atoms with Gasteiger partial charge in [0.05, 0.1) is 15.9 Å². The summed E-state index contributed by atoms with van der Waals surface area (Å²) in [6, 6.07) is 0. The number of thioether (sulfide) groups is 1. The lowest BCUT2D eigenvalue weighted by molar-refractivity contribution is 0.719. The summed E-state index contributed by atoms with van der Waals surface area (Å²) in [5.74, 6) is 0.860. The summed E-state index contributed by atoms with van der Waals surface area (Å²) >= 11 is 6.94. The first-order valence-electron chi connectivity index (χ1n) is 5.25. The maximum Gasteiger partial charge on any atom is 0.174 e. The molecule has 0 radical (unpaired) electrons. The Kier molecular flexibility index (Phi) is 4.22. The summed E-state index contributed by atoms with van der Waals surface area (Å²) in [5, 5.41) is 13.6. The molecule has 2 heterocycles. The molecule has 0 amide bonds. The molecule has 0 atom stereocenters. The summed E-state index contributed by atoms with van der Waals surface area (Å²) in [5.41, 5.74) is 2.30. The van der Waals surface area contributed by atoms with E-state index >= 15 is 0 Å². The molecule has 0 aliphatic carbocycles. The van der Waals surface area contributed by atoms with Crippen LogP contribution < -0.4 is 0 Å². The largest absolute Gasteiger partial charge is 0.270 e. The van der Waals surface area contributed by atoms with Gasteiger partial charge in [0.25, 0.3) is 0 Å². The molecule has 0 unspecified atom stereocenters. The highest BCUT2D eigenvalue weighted by molar-refractivity contribution is 9.10. The predicted molar refractivity (Wildman–Crippen MR) is 74.5 cm³/mol. The van der Waals surface area contributed by atoms with Gasteiger partial charge in [-0.05, 0) is 29.3 Å². The van der Waals surface area contributed by atoms with Gasteiger partial charge in [0.2, 0.25) is 0 Å². The van der Waals surface area contributed by atoms with Crippen LogP contribution in [0.4, 0.5) is 0 Å². The fourth-order valence-corrected chi connectivity index (χ4v) is 4.27. The van der Waals surface area contributed by atoms with Crippen molar-refractivity contribution in [3.63, 3.8) is 0 Å². The van der Waals surface area contributed by atoms with Crippen LogP contribution in [0.5, 0.6) is 0 Å². The minimum atomic E-state index is 0.860. The Balaban J connectivity index is 2.11. The Morgan fingerprint density at radius 1 is 1.41 bits per heavy atom. The third kappa shape index (κ3) is 2.89. The van der Waals surface area contributed by atoms with Crippen LogP contribution in [0, 0.1) is 6.92 Å². The molecule has 92 valence electrons. The normalized spacial score (nSPS) is 11.1. The van der Waals surface area contributed by atoms with Crippen LogP contribution in [0.25, 0.3) is 0 Å². The van der Waals surface area contributed by atoms with E-state index < -0.39 is 0 Å². The lowest BCUT2D eigenvalue weighted by Gasteiger charge is -2.00. The summed E-state index contributed by atoms with van der Waals surface area (Å²) < 4.78 is 4.06. The van der Waals surface area contributed by atoms with E-state index in [4.69, 9.17) is 0 Å². The van der Waals surface area contributed by atoms with Crippen molar-refractivity contribution in [2.45, 2.75) is 30.4 Å². The molecule has 4 nitrogen and oxygen atoms in total. The van der Waals surface area contributed by atoms with E-state index in [0.717, 1.165) is 31.7 Å². The molecule has 0 saturated heterocycles. The molecule has 0 bridgehead atoms. The number of aromatic nitrogens is 4. The zero-order valence-corrected chi connectivity index (χ0v) is 13.1. The van der Waals surface area contributed by atoms with Crippen molar-refractivity contribution >= 4 is 39.0 Å². The van der Waals surface area contributed by atoms with Crippen molar-refractivity contribution in [3.05, 3.63) is 20.9 Å². The van der Waals surface area contributed by atoms with Crippen LogP contribution in [0.3, 0.4) is 0 Å². The van der Waals surface area contributed by atoms with E-state index in [0.29, 0.717) is 0 Å². The molecule has 0 N–H and O–H groups in total. The van der Waals surface area contributed by atoms with Gasteiger partial charge in [0.15, 0.2) is 4.34 Å². The smallest absolute Gasteiger partial charge is 0.174 e. The molecule has 7 heteroatoms. The Morgan fingerprint density at radius 2 is 2.18 bits per heavy atom. The number of nitrogens with zero attached hydrogens (tertiary/aromatic N) is 4. The SMILES string of the molecule is CCc1nn(C)c(CSc2nnc(C)s2)c1Br. The highest BCUT2D eigenvalue weighted by Crippen LogP contribution is 2.30. The second kappa shape index (κ2) is 5.49. The first-order chi connectivity index (χ1) is 8.11. The van der Waals surface area contributed by atoms with E-state index in [1.54, 1.807) is 23.1 Å². The molecule has 0 aromatic carbocycles. The maximum absolute atomic E-state index is 4.47. The average Bonchev–Trinajstić information content (AvgIpc) is 2.82. The first-order valence-corrected chi connectivity index (χ1v) is 7.84. The van der Waals surface area contributed by atoms with Gasteiger partial charge in [0.1, 0.15) is 5.01 Å². The topological polar surface area (TPSA) is 43.6 Å². The molecule has 2 rings (SSSR count). The van der Waals surface area contributed by atoms with Gasteiger partial charge >= 0.3 is 0 Å². The van der Waals surface area contributed by atoms with E-state index in [9.17, 15) is 0 Å². The Labute approximate surface area is 117 Å². The van der Waals surface area contributed by atoms with Crippen LogP contribution in [0.2, 0.25) is 0 Å². The zero-order valence-electron chi connectivity index (χ0n) is 9.90. The summed E-state index contributed by atoms with van der Waals surface area (Å²) in [7, 11) is 1.98. The summed E-state index contributed by atoms with van der Waals surface area (Å²) in [6.45, 7) is 4.08. The van der Waals surface area contributed by atoms with E-state index in [1.807, 2.05) is 18.7 Å². The second-order valence-corrected chi connectivity index (χ2v) is 6.76. The van der Waals surface area contributed by atoms with Crippen molar-refractivity contribution in [1.29, 1.82) is 0 Å². The maximum atomic E-state index is 4.47. The minimum absolute atomic E-state index is 0.860. The zero-order chi connectivity index (χ0) is 12.4. The lowest BCUT2D eigenvalue weighted by Crippen LogP contribution is -1.96. The van der Waals surface area contributed by atoms with E-state index in [1.165, 1.54) is 5.69 Å². The highest BCUT2D eigenvalue weighted by Gasteiger charge is 2.13. The fraction of sp³-hybridized carbons (Fsp3) is 0.500. The first kappa shape index (κ1) is 13.0. The van der Waals surface area contributed by atoms with Crippen LogP contribution in [0.15, 0.2) is 8.81 Å².